The van der Waals surface area contributed by atoms with E-state index in [0.717, 1.165) is 0 Å². The van der Waals surface area contributed by atoms with E-state index in [-0.39, 0.29) is 6.61 Å². The Labute approximate surface area is 87.8 Å². The second-order valence-electron chi connectivity index (χ2n) is 4.21. The van der Waals surface area contributed by atoms with Gasteiger partial charge in [-0.25, -0.2) is 4.99 Å². The van der Waals surface area contributed by atoms with E-state index in [1.54, 1.807) is 19.0 Å². The molecule has 2 rings (SSSR count). The average molecular weight is 216 g/mol. The SMILES string of the molecule is CN(C)C1=NC2C(O1)[C@H](CO)[C@@H](O)[C@@H]2O. The van der Waals surface area contributed by atoms with Crippen LogP contribution in [-0.4, -0.2) is 71.3 Å². The number of nitrogens with zero attached hydrogens (tertiary/aromatic N) is 2. The molecule has 3 N–H and O–H groups in total. The number of amidine groups is 1. The summed E-state index contributed by atoms with van der Waals surface area (Å²) < 4.78 is 5.49. The first-order valence-corrected chi connectivity index (χ1v) is 4.95. The fraction of sp³-hybridized carbons (Fsp3) is 0.889. The maximum absolute atomic E-state index is 9.70. The molecule has 2 aliphatic rings. The van der Waals surface area contributed by atoms with Crippen molar-refractivity contribution < 1.29 is 20.1 Å². The maximum atomic E-state index is 9.70. The number of rotatable bonds is 1. The Bertz CT molecular complexity index is 281. The van der Waals surface area contributed by atoms with Crippen LogP contribution in [0.15, 0.2) is 4.99 Å². The van der Waals surface area contributed by atoms with Crippen LogP contribution in [0.5, 0.6) is 0 Å². The lowest BCUT2D eigenvalue weighted by Crippen LogP contribution is -2.34. The van der Waals surface area contributed by atoms with Gasteiger partial charge in [0.2, 0.25) is 0 Å². The Hall–Kier alpha value is -0.850. The van der Waals surface area contributed by atoms with Crippen molar-refractivity contribution in [2.24, 2.45) is 10.9 Å². The molecule has 15 heavy (non-hydrogen) atoms. The van der Waals surface area contributed by atoms with Gasteiger partial charge in [0.05, 0.1) is 18.6 Å². The van der Waals surface area contributed by atoms with Gasteiger partial charge in [0.1, 0.15) is 18.2 Å². The molecule has 1 saturated carbocycles. The molecule has 0 bridgehead atoms. The third-order valence-electron chi connectivity index (χ3n) is 2.99. The Kier molecular flexibility index (Phi) is 2.57. The summed E-state index contributed by atoms with van der Waals surface area (Å²) in [5.41, 5.74) is 0. The Balaban J connectivity index is 2.19. The van der Waals surface area contributed by atoms with E-state index < -0.39 is 30.3 Å². The topological polar surface area (TPSA) is 85.5 Å². The van der Waals surface area contributed by atoms with E-state index >= 15 is 0 Å². The molecule has 1 heterocycles. The second-order valence-corrected chi connectivity index (χ2v) is 4.21. The minimum Gasteiger partial charge on any atom is -0.459 e. The molecule has 6 heteroatoms. The highest BCUT2D eigenvalue weighted by atomic mass is 16.5. The van der Waals surface area contributed by atoms with Crippen molar-refractivity contribution in [3.63, 3.8) is 0 Å². The summed E-state index contributed by atoms with van der Waals surface area (Å²) in [5, 5.41) is 28.4. The van der Waals surface area contributed by atoms with Crippen molar-refractivity contribution in [2.45, 2.75) is 24.4 Å². The van der Waals surface area contributed by atoms with Crippen LogP contribution in [0.4, 0.5) is 0 Å². The molecule has 0 aromatic heterocycles. The fourth-order valence-corrected chi connectivity index (χ4v) is 2.12. The highest BCUT2D eigenvalue weighted by Gasteiger charge is 2.54. The van der Waals surface area contributed by atoms with Crippen LogP contribution < -0.4 is 0 Å². The predicted molar refractivity (Wildman–Crippen MR) is 52.4 cm³/mol. The average Bonchev–Trinajstić information content (AvgIpc) is 2.69. The van der Waals surface area contributed by atoms with Gasteiger partial charge in [-0.1, -0.05) is 0 Å². The van der Waals surface area contributed by atoms with Crippen LogP contribution in [0.25, 0.3) is 0 Å². The Morgan fingerprint density at radius 1 is 1.33 bits per heavy atom. The number of hydrogen-bond acceptors (Lipinski definition) is 6. The number of ether oxygens (including phenoxy) is 1. The molecule has 1 aliphatic heterocycles. The summed E-state index contributed by atoms with van der Waals surface area (Å²) in [6.45, 7) is -0.213. The highest BCUT2D eigenvalue weighted by Crippen LogP contribution is 2.35. The molecule has 1 aliphatic carbocycles. The van der Waals surface area contributed by atoms with Gasteiger partial charge in [-0.2, -0.15) is 0 Å². The van der Waals surface area contributed by atoms with E-state index in [4.69, 9.17) is 9.84 Å². The fourth-order valence-electron chi connectivity index (χ4n) is 2.12. The molecule has 0 amide bonds. The molecular weight excluding hydrogens is 200 g/mol. The summed E-state index contributed by atoms with van der Waals surface area (Å²) in [5.74, 6) is -0.466. The zero-order valence-electron chi connectivity index (χ0n) is 8.74. The number of aliphatic imine (C=N–C) groups is 1. The van der Waals surface area contributed by atoms with Crippen LogP contribution in [0, 0.1) is 5.92 Å². The first kappa shape index (κ1) is 10.7. The molecule has 0 aromatic rings. The number of fused-ring (bicyclic) bond motifs is 1. The van der Waals surface area contributed by atoms with Gasteiger partial charge in [0.15, 0.2) is 0 Å². The first-order chi connectivity index (χ1) is 7.06. The first-order valence-electron chi connectivity index (χ1n) is 4.95. The van der Waals surface area contributed by atoms with E-state index in [0.29, 0.717) is 6.02 Å². The van der Waals surface area contributed by atoms with Crippen molar-refractivity contribution in [1.82, 2.24) is 4.90 Å². The lowest BCUT2D eigenvalue weighted by atomic mass is 10.1. The summed E-state index contributed by atoms with van der Waals surface area (Å²) in [6, 6.07) is -0.0241. The van der Waals surface area contributed by atoms with Gasteiger partial charge in [0, 0.05) is 14.1 Å². The summed E-state index contributed by atoms with van der Waals surface area (Å²) in [4.78, 5) is 5.88. The molecule has 86 valence electrons. The summed E-state index contributed by atoms with van der Waals surface area (Å²) in [6.07, 6.45) is -2.33. The van der Waals surface area contributed by atoms with Crippen LogP contribution in [0.1, 0.15) is 0 Å². The van der Waals surface area contributed by atoms with Crippen molar-refractivity contribution in [2.75, 3.05) is 20.7 Å². The highest BCUT2D eigenvalue weighted by molar-refractivity contribution is 5.75. The van der Waals surface area contributed by atoms with Gasteiger partial charge < -0.3 is 25.0 Å². The van der Waals surface area contributed by atoms with E-state index in [1.165, 1.54) is 0 Å². The standard InChI is InChI=1S/C9H16N2O4/c1-11(2)9-10-5-7(14)6(13)4(3-12)8(5)15-9/h4-8,12-14H,3H2,1-2H3/t4-,5?,6-,7-,8?/m1/s1. The smallest absolute Gasteiger partial charge is 0.287 e. The van der Waals surface area contributed by atoms with Crippen LogP contribution >= 0.6 is 0 Å². The summed E-state index contributed by atoms with van der Waals surface area (Å²) in [7, 11) is 3.58. The number of aliphatic hydroxyl groups is 3. The molecule has 1 fully saturated rings. The van der Waals surface area contributed by atoms with Gasteiger partial charge in [-0.15, -0.1) is 0 Å². The van der Waals surface area contributed by atoms with Gasteiger partial charge in [-0.05, 0) is 0 Å². The second kappa shape index (κ2) is 3.62. The quantitative estimate of drug-likeness (QED) is 0.473. The van der Waals surface area contributed by atoms with Crippen molar-refractivity contribution in [3.8, 4) is 0 Å². The van der Waals surface area contributed by atoms with Crippen molar-refractivity contribution in [3.05, 3.63) is 0 Å². The zero-order chi connectivity index (χ0) is 11.2. The number of aliphatic hydroxyl groups excluding tert-OH is 3. The van der Waals surface area contributed by atoms with Crippen LogP contribution in [0.2, 0.25) is 0 Å². The molecular formula is C9H16N2O4. The molecule has 0 aromatic carbocycles. The third kappa shape index (κ3) is 1.49. The monoisotopic (exact) mass is 216 g/mol. The van der Waals surface area contributed by atoms with Crippen LogP contribution in [0.3, 0.4) is 0 Å². The molecule has 0 radical (unpaired) electrons. The Morgan fingerprint density at radius 2 is 2.00 bits per heavy atom. The molecule has 0 saturated heterocycles. The maximum Gasteiger partial charge on any atom is 0.287 e. The van der Waals surface area contributed by atoms with Crippen molar-refractivity contribution >= 4 is 6.02 Å². The minimum atomic E-state index is -0.961. The molecule has 2 unspecified atom stereocenters. The zero-order valence-corrected chi connectivity index (χ0v) is 8.74. The van der Waals surface area contributed by atoms with Crippen molar-refractivity contribution in [1.29, 1.82) is 0 Å². The number of hydrogen-bond donors (Lipinski definition) is 3. The molecule has 6 nitrogen and oxygen atoms in total. The minimum absolute atomic E-state index is 0.213. The van der Waals surface area contributed by atoms with E-state index in [9.17, 15) is 10.2 Å². The van der Waals surface area contributed by atoms with E-state index in [2.05, 4.69) is 4.99 Å². The molecule has 0 spiro atoms. The van der Waals surface area contributed by atoms with Gasteiger partial charge in [-0.3, -0.25) is 0 Å². The lowest BCUT2D eigenvalue weighted by Gasteiger charge is -2.20. The normalized spacial score (nSPS) is 43.5. The largest absolute Gasteiger partial charge is 0.459 e. The summed E-state index contributed by atoms with van der Waals surface area (Å²) >= 11 is 0. The third-order valence-corrected chi connectivity index (χ3v) is 2.99. The lowest BCUT2D eigenvalue weighted by molar-refractivity contribution is -0.00812. The van der Waals surface area contributed by atoms with Gasteiger partial charge in [0.25, 0.3) is 6.02 Å². The predicted octanol–water partition coefficient (Wildman–Crippen LogP) is -1.98. The van der Waals surface area contributed by atoms with Crippen LogP contribution in [-0.2, 0) is 4.74 Å². The molecule has 5 atom stereocenters. The van der Waals surface area contributed by atoms with E-state index in [1.807, 2.05) is 0 Å². The van der Waals surface area contributed by atoms with Gasteiger partial charge >= 0.3 is 0 Å². The Morgan fingerprint density at radius 3 is 2.53 bits per heavy atom.